The van der Waals surface area contributed by atoms with Gasteiger partial charge in [0.25, 0.3) is 0 Å². The molecule has 2 nitrogen and oxygen atoms in total. The van der Waals surface area contributed by atoms with Crippen molar-refractivity contribution in [3.05, 3.63) is 6.42 Å². The second-order valence-corrected chi connectivity index (χ2v) is 1.37. The Hall–Kier alpha value is -0.102. The van der Waals surface area contributed by atoms with Gasteiger partial charge in [-0.25, -0.2) is 0 Å². The molecular formula is C5H7O2W-. The Morgan fingerprint density at radius 3 is 1.38 bits per heavy atom. The summed E-state index contributed by atoms with van der Waals surface area (Å²) in [5, 5.41) is 0. The minimum absolute atomic E-state index is 0. The summed E-state index contributed by atoms with van der Waals surface area (Å²) < 4.78 is 0. The van der Waals surface area contributed by atoms with Crippen molar-refractivity contribution in [2.45, 2.75) is 13.8 Å². The van der Waals surface area contributed by atoms with E-state index in [2.05, 4.69) is 0 Å². The second-order valence-electron chi connectivity index (χ2n) is 1.37. The first-order valence-electron chi connectivity index (χ1n) is 1.99. The summed E-state index contributed by atoms with van der Waals surface area (Å²) in [6.07, 6.45) is 1.06. The zero-order valence-electron chi connectivity index (χ0n) is 4.80. The Kier molecular flexibility index (Phi) is 6.81. The zero-order chi connectivity index (χ0) is 5.86. The van der Waals surface area contributed by atoms with E-state index < -0.39 is 0 Å². The van der Waals surface area contributed by atoms with Crippen LogP contribution >= 0.6 is 0 Å². The number of Topliss-reactive ketones (excluding diaryl/α,β-unsaturated/α-hetero) is 2. The molecule has 0 saturated heterocycles. The molecule has 0 N–H and O–H groups in total. The fraction of sp³-hybridized carbons (Fsp3) is 0.400. The molecule has 0 unspecified atom stereocenters. The number of rotatable bonds is 2. The molecule has 0 aromatic heterocycles. The number of ketones is 2. The third kappa shape index (κ3) is 9.31. The molecule has 0 aliphatic rings. The molecule has 0 amide bonds. The van der Waals surface area contributed by atoms with Gasteiger partial charge in [-0.2, -0.15) is 0 Å². The normalized spacial score (nSPS) is 6.75. The smallest absolute Gasteiger partial charge is 0.00219 e. The third-order valence-electron chi connectivity index (χ3n) is 0.407. The van der Waals surface area contributed by atoms with Crippen molar-refractivity contribution in [1.29, 1.82) is 0 Å². The van der Waals surface area contributed by atoms with E-state index in [1.54, 1.807) is 0 Å². The quantitative estimate of drug-likeness (QED) is 0.542. The molecule has 0 spiro atoms. The van der Waals surface area contributed by atoms with Gasteiger partial charge in [0.05, 0.1) is 0 Å². The van der Waals surface area contributed by atoms with Gasteiger partial charge < -0.3 is 9.59 Å². The van der Waals surface area contributed by atoms with Gasteiger partial charge in [0.15, 0.2) is 0 Å². The van der Waals surface area contributed by atoms with Crippen LogP contribution in [0.1, 0.15) is 13.8 Å². The number of carbonyl (C=O) groups excluding carboxylic acids is 2. The van der Waals surface area contributed by atoms with E-state index in [1.165, 1.54) is 13.8 Å². The molecule has 0 radical (unpaired) electrons. The van der Waals surface area contributed by atoms with Crippen LogP contribution in [-0.2, 0) is 30.7 Å². The zero-order valence-corrected chi connectivity index (χ0v) is 7.74. The van der Waals surface area contributed by atoms with Gasteiger partial charge in [0, 0.05) is 32.6 Å². The fourth-order valence-electron chi connectivity index (χ4n) is 0.286. The van der Waals surface area contributed by atoms with Crippen molar-refractivity contribution in [3.63, 3.8) is 0 Å². The Labute approximate surface area is 62.9 Å². The van der Waals surface area contributed by atoms with Gasteiger partial charge in [-0.05, 0) is 13.8 Å². The molecule has 3 heteroatoms. The van der Waals surface area contributed by atoms with Gasteiger partial charge >= 0.3 is 0 Å². The Bertz CT molecular complexity index is 86.6. The summed E-state index contributed by atoms with van der Waals surface area (Å²) in [6, 6.07) is 0. The van der Waals surface area contributed by atoms with Crippen LogP contribution in [0, 0.1) is 6.42 Å². The maximum Gasteiger partial charge on any atom is 0.00219 e. The summed E-state index contributed by atoms with van der Waals surface area (Å²) >= 11 is 0. The SMILES string of the molecule is CC(=O)[CH-]C(C)=O.[W]. The van der Waals surface area contributed by atoms with Crippen LogP contribution in [0.5, 0.6) is 0 Å². The molecule has 0 heterocycles. The maximum absolute atomic E-state index is 9.98. The van der Waals surface area contributed by atoms with Gasteiger partial charge in [0.2, 0.25) is 0 Å². The Balaban J connectivity index is 0. The van der Waals surface area contributed by atoms with E-state index in [1.807, 2.05) is 0 Å². The summed E-state index contributed by atoms with van der Waals surface area (Å²) in [5.41, 5.74) is 0. The molecule has 8 heavy (non-hydrogen) atoms. The molecule has 0 bridgehead atoms. The van der Waals surface area contributed by atoms with Gasteiger partial charge in [-0.1, -0.05) is 0 Å². The molecule has 0 fully saturated rings. The van der Waals surface area contributed by atoms with Crippen LogP contribution in [0.4, 0.5) is 0 Å². The van der Waals surface area contributed by atoms with Crippen molar-refractivity contribution in [1.82, 2.24) is 0 Å². The van der Waals surface area contributed by atoms with Gasteiger partial charge in [0.1, 0.15) is 0 Å². The molecular weight excluding hydrogens is 276 g/mol. The standard InChI is InChI=1S/C5H7O2.W/c1-4(6)3-5(2)7;/h3H,1-2H3;/q-1;. The van der Waals surface area contributed by atoms with Crippen LogP contribution in [-0.4, -0.2) is 11.6 Å². The van der Waals surface area contributed by atoms with Crippen molar-refractivity contribution in [2.75, 3.05) is 0 Å². The van der Waals surface area contributed by atoms with Crippen LogP contribution in [0.15, 0.2) is 0 Å². The fourth-order valence-corrected chi connectivity index (χ4v) is 0.286. The van der Waals surface area contributed by atoms with E-state index in [4.69, 9.17) is 0 Å². The van der Waals surface area contributed by atoms with E-state index in [-0.39, 0.29) is 32.6 Å². The van der Waals surface area contributed by atoms with Crippen molar-refractivity contribution in [2.24, 2.45) is 0 Å². The first-order chi connectivity index (χ1) is 3.13. The average Bonchev–Trinajstić information content (AvgIpc) is 1.27. The first-order valence-corrected chi connectivity index (χ1v) is 1.99. The molecule has 0 atom stereocenters. The van der Waals surface area contributed by atoms with Crippen LogP contribution < -0.4 is 0 Å². The predicted molar refractivity (Wildman–Crippen MR) is 25.7 cm³/mol. The summed E-state index contributed by atoms with van der Waals surface area (Å²) in [5.74, 6) is -0.375. The largest absolute Gasteiger partial charge is 0.334 e. The van der Waals surface area contributed by atoms with Gasteiger partial charge in [-0.15, -0.1) is 0 Å². The van der Waals surface area contributed by atoms with E-state index >= 15 is 0 Å². The van der Waals surface area contributed by atoms with E-state index in [0.717, 1.165) is 6.42 Å². The predicted octanol–water partition coefficient (Wildman–Crippen LogP) is 0.366. The summed E-state index contributed by atoms with van der Waals surface area (Å²) in [7, 11) is 0. The molecule has 0 aromatic carbocycles. The molecule has 0 aliphatic carbocycles. The Morgan fingerprint density at radius 1 is 1.12 bits per heavy atom. The number of carbonyl (C=O) groups is 2. The minimum Gasteiger partial charge on any atom is -0.334 e. The molecule has 0 saturated carbocycles. The van der Waals surface area contributed by atoms with E-state index in [9.17, 15) is 9.59 Å². The van der Waals surface area contributed by atoms with Crippen LogP contribution in [0.2, 0.25) is 0 Å². The number of hydrogen-bond acceptors (Lipinski definition) is 2. The number of hydrogen-bond donors (Lipinski definition) is 0. The molecule has 0 aromatic rings. The minimum atomic E-state index is -0.187. The van der Waals surface area contributed by atoms with Crippen molar-refractivity contribution < 1.29 is 30.7 Å². The molecule has 0 rings (SSSR count). The second kappa shape index (κ2) is 5.04. The monoisotopic (exact) mass is 283 g/mol. The first kappa shape index (κ1) is 10.8. The van der Waals surface area contributed by atoms with Gasteiger partial charge in [-0.3, -0.25) is 6.42 Å². The molecule has 0 aliphatic heterocycles. The third-order valence-corrected chi connectivity index (χ3v) is 0.407. The Morgan fingerprint density at radius 2 is 1.38 bits per heavy atom. The van der Waals surface area contributed by atoms with Crippen LogP contribution in [0.3, 0.4) is 0 Å². The van der Waals surface area contributed by atoms with E-state index in [0.29, 0.717) is 0 Å². The average molecular weight is 283 g/mol. The van der Waals surface area contributed by atoms with Crippen LogP contribution in [0.25, 0.3) is 0 Å². The van der Waals surface area contributed by atoms with Crippen molar-refractivity contribution in [3.8, 4) is 0 Å². The maximum atomic E-state index is 9.98. The molecule has 46 valence electrons. The van der Waals surface area contributed by atoms with Crippen molar-refractivity contribution >= 4 is 11.6 Å². The summed E-state index contributed by atoms with van der Waals surface area (Å²) in [4.78, 5) is 20.0. The summed E-state index contributed by atoms with van der Waals surface area (Å²) in [6.45, 7) is 2.70. The topological polar surface area (TPSA) is 34.1 Å².